The zero-order valence-corrected chi connectivity index (χ0v) is 11.1. The molecular weight excluding hydrogens is 291 g/mol. The van der Waals surface area contributed by atoms with Crippen LogP contribution in [-0.4, -0.2) is 36.2 Å². The smallest absolute Gasteiger partial charge is 0.375 e. The Morgan fingerprint density at radius 2 is 2.19 bits per heavy atom. The number of hydrogen-bond acceptors (Lipinski definition) is 4. The molecule has 3 N–H and O–H groups in total. The van der Waals surface area contributed by atoms with Crippen molar-refractivity contribution in [2.45, 2.75) is 25.2 Å². The summed E-state index contributed by atoms with van der Waals surface area (Å²) in [6.07, 6.45) is -4.49. The van der Waals surface area contributed by atoms with Crippen molar-refractivity contribution >= 4 is 11.6 Å². The summed E-state index contributed by atoms with van der Waals surface area (Å²) in [4.78, 5) is 25.5. The number of halogens is 3. The highest BCUT2D eigenvalue weighted by Crippen LogP contribution is 2.29. The lowest BCUT2D eigenvalue weighted by Gasteiger charge is -2.29. The predicted molar refractivity (Wildman–Crippen MR) is 67.9 cm³/mol. The van der Waals surface area contributed by atoms with E-state index < -0.39 is 41.0 Å². The summed E-state index contributed by atoms with van der Waals surface area (Å²) in [7, 11) is 0. The Morgan fingerprint density at radius 3 is 2.81 bits per heavy atom. The Labute approximate surface area is 117 Å². The van der Waals surface area contributed by atoms with E-state index in [0.29, 0.717) is 25.4 Å². The van der Waals surface area contributed by atoms with Crippen molar-refractivity contribution in [2.75, 3.05) is 18.5 Å². The molecule has 1 aromatic rings. The number of morpholine rings is 1. The van der Waals surface area contributed by atoms with Crippen LogP contribution < -0.4 is 16.2 Å². The molecule has 2 rings (SSSR count). The van der Waals surface area contributed by atoms with Gasteiger partial charge in [-0.05, 0) is 13.0 Å². The molecule has 0 bridgehead atoms. The Kier molecular flexibility index (Phi) is 4.33. The van der Waals surface area contributed by atoms with Gasteiger partial charge in [0.25, 0.3) is 5.56 Å². The van der Waals surface area contributed by atoms with Gasteiger partial charge in [-0.3, -0.25) is 9.59 Å². The second-order valence-corrected chi connectivity index (χ2v) is 4.63. The topological polar surface area (TPSA) is 83.2 Å². The Hall–Kier alpha value is -1.87. The maximum atomic E-state index is 12.6. The summed E-state index contributed by atoms with van der Waals surface area (Å²) in [6.45, 7) is 2.54. The first-order chi connectivity index (χ1) is 9.79. The second-order valence-electron chi connectivity index (χ2n) is 4.63. The summed E-state index contributed by atoms with van der Waals surface area (Å²) in [5.41, 5.74) is -2.30. The highest BCUT2D eigenvalue weighted by atomic mass is 19.4. The standard InChI is InChI=1S/C12H14F3N3O3/c1-6-9(16-2-3-21-6)11(20)18-8-4-7(12(13,14)15)5-17-10(8)19/h4-6,9,16H,2-3H2,1H3,(H,17,19)(H,18,20)/t6-,9+/m1/s1. The molecule has 0 spiro atoms. The van der Waals surface area contributed by atoms with Crippen molar-refractivity contribution in [1.82, 2.24) is 10.3 Å². The number of aromatic amines is 1. The lowest BCUT2D eigenvalue weighted by molar-refractivity contribution is -0.137. The van der Waals surface area contributed by atoms with Crippen LogP contribution in [0.1, 0.15) is 12.5 Å². The van der Waals surface area contributed by atoms with Gasteiger partial charge in [-0.25, -0.2) is 0 Å². The van der Waals surface area contributed by atoms with Gasteiger partial charge in [-0.1, -0.05) is 0 Å². The fourth-order valence-corrected chi connectivity index (χ4v) is 1.98. The van der Waals surface area contributed by atoms with Crippen LogP contribution in [0.4, 0.5) is 18.9 Å². The molecule has 0 saturated carbocycles. The molecule has 2 heterocycles. The molecule has 1 aliphatic heterocycles. The zero-order valence-electron chi connectivity index (χ0n) is 11.1. The van der Waals surface area contributed by atoms with Gasteiger partial charge < -0.3 is 20.4 Å². The number of nitrogens with one attached hydrogen (secondary N) is 3. The van der Waals surface area contributed by atoms with E-state index in [2.05, 4.69) is 10.6 Å². The second kappa shape index (κ2) is 5.86. The van der Waals surface area contributed by atoms with Gasteiger partial charge in [0, 0.05) is 12.7 Å². The third-order valence-electron chi connectivity index (χ3n) is 3.09. The summed E-state index contributed by atoms with van der Waals surface area (Å²) in [5, 5.41) is 5.08. The van der Waals surface area contributed by atoms with Crippen molar-refractivity contribution in [3.8, 4) is 0 Å². The van der Waals surface area contributed by atoms with Crippen LogP contribution in [0.5, 0.6) is 0 Å². The lowest BCUT2D eigenvalue weighted by atomic mass is 10.1. The van der Waals surface area contributed by atoms with E-state index in [1.807, 2.05) is 4.98 Å². The number of alkyl halides is 3. The number of ether oxygens (including phenoxy) is 1. The molecule has 0 radical (unpaired) electrons. The molecular formula is C12H14F3N3O3. The minimum Gasteiger partial charge on any atom is -0.375 e. The molecule has 0 unspecified atom stereocenters. The normalized spacial score (nSPS) is 22.9. The Bertz CT molecular complexity index is 585. The van der Waals surface area contributed by atoms with E-state index in [1.165, 1.54) is 0 Å². The Morgan fingerprint density at radius 1 is 1.48 bits per heavy atom. The van der Waals surface area contributed by atoms with E-state index in [4.69, 9.17) is 4.74 Å². The molecule has 2 atom stereocenters. The molecule has 1 aromatic heterocycles. The van der Waals surface area contributed by atoms with Gasteiger partial charge >= 0.3 is 6.18 Å². The number of carbonyl (C=O) groups excluding carboxylic acids is 1. The van der Waals surface area contributed by atoms with Gasteiger partial charge in [0.1, 0.15) is 11.7 Å². The van der Waals surface area contributed by atoms with E-state index in [-0.39, 0.29) is 0 Å². The van der Waals surface area contributed by atoms with Crippen molar-refractivity contribution in [1.29, 1.82) is 0 Å². The van der Waals surface area contributed by atoms with Crippen LogP contribution in [-0.2, 0) is 15.7 Å². The average Bonchev–Trinajstić information content (AvgIpc) is 2.40. The minimum atomic E-state index is -4.61. The van der Waals surface area contributed by atoms with Gasteiger partial charge in [0.05, 0.1) is 18.3 Å². The molecule has 116 valence electrons. The summed E-state index contributed by atoms with van der Waals surface area (Å²) < 4.78 is 43.0. The minimum absolute atomic E-state index is 0.440. The van der Waals surface area contributed by atoms with Crippen LogP contribution in [0.15, 0.2) is 17.1 Å². The number of aromatic nitrogens is 1. The van der Waals surface area contributed by atoms with Crippen molar-refractivity contribution < 1.29 is 22.7 Å². The SMILES string of the molecule is C[C@H]1OCCN[C@@H]1C(=O)Nc1cc(C(F)(F)F)c[nH]c1=O. The first kappa shape index (κ1) is 15.5. The maximum Gasteiger partial charge on any atom is 0.417 e. The maximum absolute atomic E-state index is 12.6. The largest absolute Gasteiger partial charge is 0.417 e. The number of amides is 1. The van der Waals surface area contributed by atoms with Gasteiger partial charge in [-0.15, -0.1) is 0 Å². The monoisotopic (exact) mass is 305 g/mol. The van der Waals surface area contributed by atoms with E-state index in [0.717, 1.165) is 0 Å². The van der Waals surface area contributed by atoms with Crippen LogP contribution in [0.2, 0.25) is 0 Å². The molecule has 9 heteroatoms. The molecule has 1 aliphatic rings. The molecule has 6 nitrogen and oxygen atoms in total. The van der Waals surface area contributed by atoms with E-state index in [9.17, 15) is 22.8 Å². The van der Waals surface area contributed by atoms with Gasteiger partial charge in [0.2, 0.25) is 5.91 Å². The fraction of sp³-hybridized carbons (Fsp3) is 0.500. The number of pyridine rings is 1. The molecule has 1 amide bonds. The van der Waals surface area contributed by atoms with Crippen LogP contribution in [0.25, 0.3) is 0 Å². The molecule has 21 heavy (non-hydrogen) atoms. The average molecular weight is 305 g/mol. The number of anilines is 1. The van der Waals surface area contributed by atoms with Crippen molar-refractivity contribution in [3.05, 3.63) is 28.2 Å². The summed E-state index contributed by atoms with van der Waals surface area (Å²) >= 11 is 0. The van der Waals surface area contributed by atoms with Crippen LogP contribution in [0, 0.1) is 0 Å². The van der Waals surface area contributed by atoms with Crippen molar-refractivity contribution in [3.63, 3.8) is 0 Å². The quantitative estimate of drug-likeness (QED) is 0.751. The summed E-state index contributed by atoms with van der Waals surface area (Å²) in [5.74, 6) is -0.618. The third-order valence-corrected chi connectivity index (χ3v) is 3.09. The highest BCUT2D eigenvalue weighted by molar-refractivity contribution is 5.95. The van der Waals surface area contributed by atoms with E-state index in [1.54, 1.807) is 6.92 Å². The van der Waals surface area contributed by atoms with Crippen LogP contribution in [0.3, 0.4) is 0 Å². The summed E-state index contributed by atoms with van der Waals surface area (Å²) in [6, 6.07) is -0.127. The molecule has 0 aromatic carbocycles. The predicted octanol–water partition coefficient (Wildman–Crippen LogP) is 0.709. The first-order valence-electron chi connectivity index (χ1n) is 6.25. The number of hydrogen-bond donors (Lipinski definition) is 3. The van der Waals surface area contributed by atoms with Crippen molar-refractivity contribution in [2.24, 2.45) is 0 Å². The lowest BCUT2D eigenvalue weighted by Crippen LogP contribution is -2.53. The number of H-pyrrole nitrogens is 1. The molecule has 0 aliphatic carbocycles. The Balaban J connectivity index is 2.19. The number of carbonyl (C=O) groups is 1. The van der Waals surface area contributed by atoms with Crippen LogP contribution >= 0.6 is 0 Å². The third kappa shape index (κ3) is 3.61. The van der Waals surface area contributed by atoms with Gasteiger partial charge in [0.15, 0.2) is 0 Å². The number of rotatable bonds is 2. The molecule has 1 saturated heterocycles. The zero-order chi connectivity index (χ0) is 15.6. The molecule has 1 fully saturated rings. The first-order valence-corrected chi connectivity index (χ1v) is 6.25. The van der Waals surface area contributed by atoms with Gasteiger partial charge in [-0.2, -0.15) is 13.2 Å². The fourth-order valence-electron chi connectivity index (χ4n) is 1.98. The van der Waals surface area contributed by atoms with E-state index >= 15 is 0 Å². The highest BCUT2D eigenvalue weighted by Gasteiger charge is 2.32.